The number of amides is 2. The molecule has 2 N–H and O–H groups in total. The summed E-state index contributed by atoms with van der Waals surface area (Å²) in [7, 11) is 0. The summed E-state index contributed by atoms with van der Waals surface area (Å²) in [6.45, 7) is 4.78. The highest BCUT2D eigenvalue weighted by atomic mass is 16.2. The molecule has 2 aromatic rings. The van der Waals surface area contributed by atoms with Crippen LogP contribution in [0.1, 0.15) is 32.4 Å². The van der Waals surface area contributed by atoms with Crippen molar-refractivity contribution in [1.82, 2.24) is 15.2 Å². The minimum atomic E-state index is 0.0427. The predicted octanol–water partition coefficient (Wildman–Crippen LogP) is 3.25. The first-order valence-corrected chi connectivity index (χ1v) is 7.28. The highest BCUT2D eigenvalue weighted by Crippen LogP contribution is 2.23. The predicted molar refractivity (Wildman–Crippen MR) is 80.5 cm³/mol. The average Bonchev–Trinajstić information content (AvgIpc) is 2.99. The molecule has 1 aromatic carbocycles. The average molecular weight is 271 g/mol. The number of rotatable bonds is 2. The van der Waals surface area contributed by atoms with Crippen LogP contribution in [-0.4, -0.2) is 28.0 Å². The fourth-order valence-corrected chi connectivity index (χ4v) is 3.09. The molecule has 1 saturated heterocycles. The van der Waals surface area contributed by atoms with Gasteiger partial charge in [0.1, 0.15) is 0 Å². The second-order valence-corrected chi connectivity index (χ2v) is 5.72. The van der Waals surface area contributed by atoms with Crippen molar-refractivity contribution >= 4 is 16.9 Å². The summed E-state index contributed by atoms with van der Waals surface area (Å²) >= 11 is 0. The molecule has 0 radical (unpaired) electrons. The fraction of sp³-hybridized carbons (Fsp3) is 0.438. The Kier molecular flexibility index (Phi) is 3.38. The zero-order valence-corrected chi connectivity index (χ0v) is 12.0. The van der Waals surface area contributed by atoms with Crippen LogP contribution in [0.3, 0.4) is 0 Å². The van der Waals surface area contributed by atoms with Gasteiger partial charge >= 0.3 is 6.03 Å². The lowest BCUT2D eigenvalue weighted by Gasteiger charge is -2.26. The van der Waals surface area contributed by atoms with Crippen molar-refractivity contribution < 1.29 is 4.79 Å². The third-order valence-electron chi connectivity index (χ3n) is 4.20. The number of hydrogen-bond donors (Lipinski definition) is 2. The van der Waals surface area contributed by atoms with Crippen LogP contribution in [0.5, 0.6) is 0 Å². The SMILES string of the molecule is CC1CCC(C)N1C(=O)NCc1cc2ccccc2[nH]1. The van der Waals surface area contributed by atoms with Gasteiger partial charge in [0, 0.05) is 23.3 Å². The number of benzene rings is 1. The Balaban J connectivity index is 1.65. The Hall–Kier alpha value is -1.97. The molecule has 1 aromatic heterocycles. The van der Waals surface area contributed by atoms with Crippen molar-refractivity contribution in [2.75, 3.05) is 0 Å². The van der Waals surface area contributed by atoms with E-state index >= 15 is 0 Å². The number of urea groups is 1. The number of H-pyrrole nitrogens is 1. The molecule has 1 aliphatic heterocycles. The maximum Gasteiger partial charge on any atom is 0.318 e. The molecule has 1 fully saturated rings. The molecule has 2 unspecified atom stereocenters. The molecule has 106 valence electrons. The van der Waals surface area contributed by atoms with Crippen LogP contribution < -0.4 is 5.32 Å². The quantitative estimate of drug-likeness (QED) is 0.865. The number of aromatic amines is 1. The zero-order chi connectivity index (χ0) is 14.1. The van der Waals surface area contributed by atoms with E-state index in [2.05, 4.69) is 36.3 Å². The Morgan fingerprint density at radius 2 is 2.00 bits per heavy atom. The third-order valence-corrected chi connectivity index (χ3v) is 4.20. The van der Waals surface area contributed by atoms with Gasteiger partial charge in [0.15, 0.2) is 0 Å². The van der Waals surface area contributed by atoms with Gasteiger partial charge in [-0.15, -0.1) is 0 Å². The summed E-state index contributed by atoms with van der Waals surface area (Å²) in [6, 6.07) is 11.0. The maximum atomic E-state index is 12.3. The van der Waals surface area contributed by atoms with Gasteiger partial charge < -0.3 is 15.2 Å². The molecule has 1 aliphatic rings. The van der Waals surface area contributed by atoms with E-state index in [0.717, 1.165) is 24.1 Å². The summed E-state index contributed by atoms with van der Waals surface area (Å²) in [5.41, 5.74) is 2.15. The summed E-state index contributed by atoms with van der Waals surface area (Å²) in [6.07, 6.45) is 2.20. The molecule has 0 aliphatic carbocycles. The number of nitrogens with one attached hydrogen (secondary N) is 2. The van der Waals surface area contributed by atoms with Gasteiger partial charge in [0.2, 0.25) is 0 Å². The lowest BCUT2D eigenvalue weighted by atomic mass is 10.2. The van der Waals surface area contributed by atoms with E-state index < -0.39 is 0 Å². The highest BCUT2D eigenvalue weighted by molar-refractivity contribution is 5.80. The number of aromatic nitrogens is 1. The fourth-order valence-electron chi connectivity index (χ4n) is 3.09. The summed E-state index contributed by atoms with van der Waals surface area (Å²) in [4.78, 5) is 17.5. The number of hydrogen-bond acceptors (Lipinski definition) is 1. The molecule has 20 heavy (non-hydrogen) atoms. The first kappa shape index (κ1) is 13.0. The zero-order valence-electron chi connectivity index (χ0n) is 12.0. The number of carbonyl (C=O) groups excluding carboxylic acids is 1. The second-order valence-electron chi connectivity index (χ2n) is 5.72. The number of para-hydroxylation sites is 1. The van der Waals surface area contributed by atoms with Crippen LogP contribution >= 0.6 is 0 Å². The molecule has 0 saturated carbocycles. The Morgan fingerprint density at radius 1 is 1.30 bits per heavy atom. The van der Waals surface area contributed by atoms with Gasteiger partial charge in [0.25, 0.3) is 0 Å². The van der Waals surface area contributed by atoms with Crippen LogP contribution in [-0.2, 0) is 6.54 Å². The summed E-state index contributed by atoms with van der Waals surface area (Å²) in [5, 5.41) is 4.20. The first-order chi connectivity index (χ1) is 9.65. The summed E-state index contributed by atoms with van der Waals surface area (Å²) < 4.78 is 0. The highest BCUT2D eigenvalue weighted by Gasteiger charge is 2.31. The second kappa shape index (κ2) is 5.19. The normalized spacial score (nSPS) is 22.4. The maximum absolute atomic E-state index is 12.3. The van der Waals surface area contributed by atoms with E-state index in [1.165, 1.54) is 5.39 Å². The van der Waals surface area contributed by atoms with Crippen molar-refractivity contribution in [2.45, 2.75) is 45.3 Å². The number of likely N-dealkylation sites (tertiary alicyclic amines) is 1. The lowest BCUT2D eigenvalue weighted by molar-refractivity contribution is 0.180. The molecule has 2 atom stereocenters. The molecular weight excluding hydrogens is 250 g/mol. The number of nitrogens with zero attached hydrogens (tertiary/aromatic N) is 1. The van der Waals surface area contributed by atoms with Crippen LogP contribution in [0.4, 0.5) is 4.79 Å². The number of fused-ring (bicyclic) bond motifs is 1. The van der Waals surface area contributed by atoms with Gasteiger partial charge in [-0.3, -0.25) is 0 Å². The first-order valence-electron chi connectivity index (χ1n) is 7.28. The molecule has 0 bridgehead atoms. The smallest absolute Gasteiger partial charge is 0.318 e. The van der Waals surface area contributed by atoms with E-state index in [1.54, 1.807) is 0 Å². The minimum absolute atomic E-state index is 0.0427. The Labute approximate surface area is 119 Å². The molecule has 0 spiro atoms. The van der Waals surface area contributed by atoms with Crippen molar-refractivity contribution in [1.29, 1.82) is 0 Å². The lowest BCUT2D eigenvalue weighted by Crippen LogP contribution is -2.44. The van der Waals surface area contributed by atoms with Gasteiger partial charge in [0.05, 0.1) is 6.54 Å². The van der Waals surface area contributed by atoms with E-state index in [-0.39, 0.29) is 6.03 Å². The molecule has 4 nitrogen and oxygen atoms in total. The largest absolute Gasteiger partial charge is 0.357 e. The van der Waals surface area contributed by atoms with Crippen molar-refractivity contribution in [3.8, 4) is 0 Å². The van der Waals surface area contributed by atoms with E-state index in [1.807, 2.05) is 23.1 Å². The van der Waals surface area contributed by atoms with E-state index in [4.69, 9.17) is 0 Å². The minimum Gasteiger partial charge on any atom is -0.357 e. The van der Waals surface area contributed by atoms with E-state index in [0.29, 0.717) is 18.6 Å². The Morgan fingerprint density at radius 3 is 2.70 bits per heavy atom. The van der Waals surface area contributed by atoms with Crippen molar-refractivity contribution in [3.05, 3.63) is 36.0 Å². The molecule has 4 heteroatoms. The van der Waals surface area contributed by atoms with Gasteiger partial charge in [-0.1, -0.05) is 18.2 Å². The summed E-state index contributed by atoms with van der Waals surface area (Å²) in [5.74, 6) is 0. The van der Waals surface area contributed by atoms with Crippen LogP contribution in [0.25, 0.3) is 10.9 Å². The molecule has 2 amide bonds. The third kappa shape index (κ3) is 2.38. The van der Waals surface area contributed by atoms with Crippen LogP contribution in [0, 0.1) is 0 Å². The van der Waals surface area contributed by atoms with Gasteiger partial charge in [-0.2, -0.15) is 0 Å². The molecule has 3 rings (SSSR count). The van der Waals surface area contributed by atoms with Gasteiger partial charge in [-0.25, -0.2) is 4.79 Å². The van der Waals surface area contributed by atoms with Crippen molar-refractivity contribution in [3.63, 3.8) is 0 Å². The van der Waals surface area contributed by atoms with Crippen LogP contribution in [0.15, 0.2) is 30.3 Å². The van der Waals surface area contributed by atoms with E-state index in [9.17, 15) is 4.79 Å². The Bertz CT molecular complexity index is 576. The number of carbonyl (C=O) groups is 1. The van der Waals surface area contributed by atoms with Gasteiger partial charge in [-0.05, 0) is 44.2 Å². The molecule has 2 heterocycles. The molecular formula is C16H21N3O. The standard InChI is InChI=1S/C16H21N3O/c1-11-7-8-12(2)19(11)16(20)17-10-14-9-13-5-3-4-6-15(13)18-14/h3-6,9,11-12,18H,7-8,10H2,1-2H3,(H,17,20). The topological polar surface area (TPSA) is 48.1 Å². The monoisotopic (exact) mass is 271 g/mol. The van der Waals surface area contributed by atoms with Crippen molar-refractivity contribution in [2.24, 2.45) is 0 Å². The van der Waals surface area contributed by atoms with Crippen LogP contribution in [0.2, 0.25) is 0 Å².